The lowest BCUT2D eigenvalue weighted by atomic mass is 10.2. The summed E-state index contributed by atoms with van der Waals surface area (Å²) < 4.78 is 1.21. The van der Waals surface area contributed by atoms with E-state index in [1.54, 1.807) is 11.3 Å². The lowest BCUT2D eigenvalue weighted by Gasteiger charge is -2.15. The van der Waals surface area contributed by atoms with Gasteiger partial charge in [0.2, 0.25) is 0 Å². The number of thiophene rings is 2. The van der Waals surface area contributed by atoms with Crippen molar-refractivity contribution in [2.24, 2.45) is 0 Å². The lowest BCUT2D eigenvalue weighted by Crippen LogP contribution is -2.21. The summed E-state index contributed by atoms with van der Waals surface area (Å²) in [6.45, 7) is 9.59. The van der Waals surface area contributed by atoms with E-state index in [0.29, 0.717) is 6.04 Å². The number of halogens is 1. The van der Waals surface area contributed by atoms with Gasteiger partial charge in [-0.05, 0) is 58.5 Å². The highest BCUT2D eigenvalue weighted by Gasteiger charge is 2.09. The van der Waals surface area contributed by atoms with Gasteiger partial charge >= 0.3 is 0 Å². The van der Waals surface area contributed by atoms with Crippen LogP contribution in [0.2, 0.25) is 0 Å². The first kappa shape index (κ1) is 17.2. The molecule has 0 amide bonds. The molecule has 0 aromatic carbocycles. The minimum absolute atomic E-state index is 0.538. The van der Waals surface area contributed by atoms with Crippen LogP contribution < -0.4 is 5.32 Å². The van der Waals surface area contributed by atoms with Crippen LogP contribution in [0.3, 0.4) is 0 Å². The highest BCUT2D eigenvalue weighted by molar-refractivity contribution is 9.11. The molecule has 2 aromatic heterocycles. The van der Waals surface area contributed by atoms with Gasteiger partial charge in [0.1, 0.15) is 0 Å². The molecule has 2 aromatic rings. The summed E-state index contributed by atoms with van der Waals surface area (Å²) in [6, 6.07) is 5.10. The second-order valence-electron chi connectivity index (χ2n) is 5.76. The molecule has 0 aliphatic rings. The molecular formula is C16H23BrN2S2. The van der Waals surface area contributed by atoms with Crippen LogP contribution in [0.15, 0.2) is 21.3 Å². The quantitative estimate of drug-likeness (QED) is 0.718. The third-order valence-electron chi connectivity index (χ3n) is 3.27. The van der Waals surface area contributed by atoms with E-state index in [0.717, 1.165) is 19.6 Å². The first-order chi connectivity index (χ1) is 9.94. The molecule has 0 fully saturated rings. The fourth-order valence-corrected chi connectivity index (χ4v) is 4.43. The van der Waals surface area contributed by atoms with Crippen molar-refractivity contribution in [2.45, 2.75) is 46.4 Å². The van der Waals surface area contributed by atoms with Crippen LogP contribution in [0.1, 0.15) is 34.7 Å². The molecule has 116 valence electrons. The summed E-state index contributed by atoms with van der Waals surface area (Å²) >= 11 is 7.19. The Morgan fingerprint density at radius 3 is 2.67 bits per heavy atom. The molecule has 0 atom stereocenters. The Hall–Kier alpha value is -0.200. The maximum absolute atomic E-state index is 3.53. The van der Waals surface area contributed by atoms with Crippen LogP contribution in [0.5, 0.6) is 0 Å². The molecule has 0 bridgehead atoms. The normalized spacial score (nSPS) is 11.8. The molecule has 21 heavy (non-hydrogen) atoms. The third-order valence-corrected chi connectivity index (χ3v) is 5.92. The fourth-order valence-electron chi connectivity index (χ4n) is 2.22. The van der Waals surface area contributed by atoms with E-state index in [4.69, 9.17) is 0 Å². The van der Waals surface area contributed by atoms with Gasteiger partial charge in [-0.2, -0.15) is 0 Å². The summed E-state index contributed by atoms with van der Waals surface area (Å²) in [5, 5.41) is 5.71. The predicted molar refractivity (Wildman–Crippen MR) is 98.2 cm³/mol. The van der Waals surface area contributed by atoms with E-state index in [9.17, 15) is 0 Å². The zero-order valence-electron chi connectivity index (χ0n) is 13.1. The Kier molecular flexibility index (Phi) is 6.44. The predicted octanol–water partition coefficient (Wildman–Crippen LogP) is 5.01. The van der Waals surface area contributed by atoms with Crippen molar-refractivity contribution >= 4 is 38.6 Å². The first-order valence-electron chi connectivity index (χ1n) is 7.17. The summed E-state index contributed by atoms with van der Waals surface area (Å²) in [5.41, 5.74) is 2.83. The summed E-state index contributed by atoms with van der Waals surface area (Å²) in [4.78, 5) is 5.25. The molecule has 2 heterocycles. The van der Waals surface area contributed by atoms with Gasteiger partial charge in [0.25, 0.3) is 0 Å². The van der Waals surface area contributed by atoms with Crippen molar-refractivity contribution in [3.8, 4) is 0 Å². The van der Waals surface area contributed by atoms with Crippen molar-refractivity contribution in [1.82, 2.24) is 10.2 Å². The SMILES string of the molecule is Cc1sc(CNC(C)C)cc1CN(C)Cc1csc(Br)c1. The molecule has 2 nitrogen and oxygen atoms in total. The van der Waals surface area contributed by atoms with Crippen molar-refractivity contribution < 1.29 is 0 Å². The average molecular weight is 387 g/mol. The number of nitrogens with zero attached hydrogens (tertiary/aromatic N) is 1. The molecule has 1 N–H and O–H groups in total. The summed E-state index contributed by atoms with van der Waals surface area (Å²) in [5.74, 6) is 0. The minimum Gasteiger partial charge on any atom is -0.310 e. The van der Waals surface area contributed by atoms with Gasteiger partial charge in [-0.15, -0.1) is 22.7 Å². The number of hydrogen-bond acceptors (Lipinski definition) is 4. The van der Waals surface area contributed by atoms with Crippen molar-refractivity contribution in [1.29, 1.82) is 0 Å². The molecule has 0 saturated heterocycles. The van der Waals surface area contributed by atoms with Gasteiger partial charge < -0.3 is 5.32 Å². The van der Waals surface area contributed by atoms with Crippen molar-refractivity contribution in [3.63, 3.8) is 0 Å². The topological polar surface area (TPSA) is 15.3 Å². The van der Waals surface area contributed by atoms with Crippen LogP contribution >= 0.6 is 38.6 Å². The molecule has 0 aliphatic carbocycles. The first-order valence-corrected chi connectivity index (χ1v) is 9.66. The fraction of sp³-hybridized carbons (Fsp3) is 0.500. The highest BCUT2D eigenvalue weighted by atomic mass is 79.9. The monoisotopic (exact) mass is 386 g/mol. The number of hydrogen-bond donors (Lipinski definition) is 1. The molecule has 0 radical (unpaired) electrons. The standard InChI is InChI=1S/C16H23BrN2S2/c1-11(2)18-7-15-6-14(12(3)21-15)9-19(4)8-13-5-16(17)20-10-13/h5-6,10-11,18H,7-9H2,1-4H3. The van der Waals surface area contributed by atoms with Crippen LogP contribution in [0, 0.1) is 6.92 Å². The molecule has 2 rings (SSSR count). The number of rotatable bonds is 7. The number of aryl methyl sites for hydroxylation is 1. The largest absolute Gasteiger partial charge is 0.310 e. The van der Waals surface area contributed by atoms with E-state index >= 15 is 0 Å². The maximum atomic E-state index is 3.53. The Labute approximate surface area is 144 Å². The van der Waals surface area contributed by atoms with Crippen LogP contribution in [0.25, 0.3) is 0 Å². The Balaban J connectivity index is 1.92. The second kappa shape index (κ2) is 7.88. The second-order valence-corrected chi connectivity index (χ2v) is 9.39. The number of nitrogens with one attached hydrogen (secondary N) is 1. The van der Waals surface area contributed by atoms with Crippen molar-refractivity contribution in [2.75, 3.05) is 7.05 Å². The van der Waals surface area contributed by atoms with Crippen LogP contribution in [-0.4, -0.2) is 18.0 Å². The zero-order chi connectivity index (χ0) is 15.4. The molecular weight excluding hydrogens is 364 g/mol. The van der Waals surface area contributed by atoms with Gasteiger partial charge in [0, 0.05) is 35.4 Å². The summed E-state index contributed by atoms with van der Waals surface area (Å²) in [7, 11) is 2.19. The maximum Gasteiger partial charge on any atom is 0.0701 e. The van der Waals surface area contributed by atoms with Gasteiger partial charge in [-0.25, -0.2) is 0 Å². The van der Waals surface area contributed by atoms with Crippen LogP contribution in [0.4, 0.5) is 0 Å². The lowest BCUT2D eigenvalue weighted by molar-refractivity contribution is 0.319. The molecule has 0 aliphatic heterocycles. The van der Waals surface area contributed by atoms with Gasteiger partial charge in [-0.3, -0.25) is 4.90 Å². The van der Waals surface area contributed by atoms with Gasteiger partial charge in [-0.1, -0.05) is 13.8 Å². The smallest absolute Gasteiger partial charge is 0.0701 e. The minimum atomic E-state index is 0.538. The van der Waals surface area contributed by atoms with Crippen LogP contribution in [-0.2, 0) is 19.6 Å². The Morgan fingerprint density at radius 1 is 1.29 bits per heavy atom. The molecule has 0 unspecified atom stereocenters. The van der Waals surface area contributed by atoms with Gasteiger partial charge in [0.05, 0.1) is 3.79 Å². The van der Waals surface area contributed by atoms with E-state index in [1.807, 2.05) is 11.3 Å². The zero-order valence-corrected chi connectivity index (χ0v) is 16.3. The molecule has 0 spiro atoms. The van der Waals surface area contributed by atoms with Crippen molar-refractivity contribution in [3.05, 3.63) is 42.2 Å². The van der Waals surface area contributed by atoms with E-state index in [1.165, 1.54) is 24.7 Å². The molecule has 5 heteroatoms. The average Bonchev–Trinajstić information content (AvgIpc) is 2.94. The van der Waals surface area contributed by atoms with Gasteiger partial charge in [0.15, 0.2) is 0 Å². The highest BCUT2D eigenvalue weighted by Crippen LogP contribution is 2.25. The summed E-state index contributed by atoms with van der Waals surface area (Å²) in [6.07, 6.45) is 0. The third kappa shape index (κ3) is 5.49. The Bertz CT molecular complexity index is 575. The van der Waals surface area contributed by atoms with E-state index in [-0.39, 0.29) is 0 Å². The Morgan fingerprint density at radius 2 is 2.05 bits per heavy atom. The molecule has 0 saturated carbocycles. The van der Waals surface area contributed by atoms with E-state index in [2.05, 4.69) is 71.5 Å². The van der Waals surface area contributed by atoms with E-state index < -0.39 is 0 Å².